The first-order valence-corrected chi connectivity index (χ1v) is 6.38. The Morgan fingerprint density at radius 1 is 1.37 bits per heavy atom. The van der Waals surface area contributed by atoms with Crippen molar-refractivity contribution >= 4 is 17.9 Å². The lowest BCUT2D eigenvalue weighted by Gasteiger charge is -2.38. The maximum Gasteiger partial charge on any atom is 0.326 e. The summed E-state index contributed by atoms with van der Waals surface area (Å²) in [6.07, 6.45) is 3.22. The molecule has 0 heterocycles. The van der Waals surface area contributed by atoms with Gasteiger partial charge in [0.15, 0.2) is 0 Å². The van der Waals surface area contributed by atoms with Gasteiger partial charge in [-0.05, 0) is 24.7 Å². The van der Waals surface area contributed by atoms with Gasteiger partial charge in [0, 0.05) is 13.0 Å². The Morgan fingerprint density at radius 2 is 2.00 bits per heavy atom. The highest BCUT2D eigenvalue weighted by Crippen LogP contribution is 2.39. The van der Waals surface area contributed by atoms with Crippen LogP contribution in [0.4, 0.5) is 4.79 Å². The quantitative estimate of drug-likeness (QED) is 0.528. The zero-order chi connectivity index (χ0) is 14.5. The van der Waals surface area contributed by atoms with Crippen LogP contribution in [0.3, 0.4) is 0 Å². The average molecular weight is 271 g/mol. The minimum Gasteiger partial charge on any atom is -0.480 e. The van der Waals surface area contributed by atoms with Crippen molar-refractivity contribution in [2.75, 3.05) is 6.54 Å². The molecule has 0 unspecified atom stereocenters. The van der Waals surface area contributed by atoms with Gasteiger partial charge in [0.2, 0.25) is 5.91 Å². The van der Waals surface area contributed by atoms with Gasteiger partial charge in [-0.1, -0.05) is 13.3 Å². The maximum absolute atomic E-state index is 11.6. The van der Waals surface area contributed by atoms with Gasteiger partial charge < -0.3 is 21.5 Å². The molecule has 0 aromatic heterocycles. The highest BCUT2D eigenvalue weighted by molar-refractivity contribution is 5.83. The van der Waals surface area contributed by atoms with E-state index in [4.69, 9.17) is 10.8 Å². The zero-order valence-corrected chi connectivity index (χ0v) is 11.1. The van der Waals surface area contributed by atoms with Crippen LogP contribution in [0.5, 0.6) is 0 Å². The second kappa shape index (κ2) is 6.40. The van der Waals surface area contributed by atoms with Crippen LogP contribution in [-0.2, 0) is 9.59 Å². The third-order valence-electron chi connectivity index (χ3n) is 3.52. The Labute approximate surface area is 111 Å². The van der Waals surface area contributed by atoms with Gasteiger partial charge in [0.05, 0.1) is 0 Å². The normalized spacial score (nSPS) is 17.9. The number of primary amides is 1. The number of urea groups is 1. The van der Waals surface area contributed by atoms with Gasteiger partial charge in [-0.25, -0.2) is 9.59 Å². The standard InChI is InChI=1S/C12H21N3O4/c1-12(5-2-6-12)7-14-11(19)15-8(10(17)18)3-4-9(13)16/h8H,2-7H2,1H3,(H2,13,16)(H,17,18)(H2,14,15,19)/t8-/m1/s1. The topological polar surface area (TPSA) is 122 Å². The number of nitrogens with one attached hydrogen (secondary N) is 2. The summed E-state index contributed by atoms with van der Waals surface area (Å²) in [7, 11) is 0. The summed E-state index contributed by atoms with van der Waals surface area (Å²) in [5, 5.41) is 13.9. The highest BCUT2D eigenvalue weighted by Gasteiger charge is 2.32. The third-order valence-corrected chi connectivity index (χ3v) is 3.52. The van der Waals surface area contributed by atoms with Crippen molar-refractivity contribution in [2.24, 2.45) is 11.1 Å². The van der Waals surface area contributed by atoms with Crippen molar-refractivity contribution < 1.29 is 19.5 Å². The number of amides is 3. The molecule has 1 fully saturated rings. The van der Waals surface area contributed by atoms with Gasteiger partial charge in [0.25, 0.3) is 0 Å². The monoisotopic (exact) mass is 271 g/mol. The smallest absolute Gasteiger partial charge is 0.326 e. The molecule has 108 valence electrons. The van der Waals surface area contributed by atoms with Gasteiger partial charge >= 0.3 is 12.0 Å². The van der Waals surface area contributed by atoms with Crippen molar-refractivity contribution in [1.29, 1.82) is 0 Å². The summed E-state index contributed by atoms with van der Waals surface area (Å²) in [4.78, 5) is 33.1. The summed E-state index contributed by atoms with van der Waals surface area (Å²) >= 11 is 0. The van der Waals surface area contributed by atoms with Crippen LogP contribution in [0.1, 0.15) is 39.0 Å². The molecule has 1 aliphatic carbocycles. The second-order valence-electron chi connectivity index (χ2n) is 5.39. The SMILES string of the molecule is CC1(CNC(=O)N[C@H](CCC(N)=O)C(=O)O)CCC1. The van der Waals surface area contributed by atoms with E-state index in [1.165, 1.54) is 0 Å². The van der Waals surface area contributed by atoms with Crippen LogP contribution in [0, 0.1) is 5.41 Å². The molecule has 7 nitrogen and oxygen atoms in total. The van der Waals surface area contributed by atoms with Gasteiger partial charge in [-0.2, -0.15) is 0 Å². The fourth-order valence-corrected chi connectivity index (χ4v) is 2.00. The molecular formula is C12H21N3O4. The van der Waals surface area contributed by atoms with Crippen LogP contribution in [0.15, 0.2) is 0 Å². The highest BCUT2D eigenvalue weighted by atomic mass is 16.4. The predicted octanol–water partition coefficient (Wildman–Crippen LogP) is 0.194. The largest absolute Gasteiger partial charge is 0.480 e. The van der Waals surface area contributed by atoms with E-state index in [1.54, 1.807) is 0 Å². The van der Waals surface area contributed by atoms with E-state index in [1.807, 2.05) is 0 Å². The first-order chi connectivity index (χ1) is 8.82. The maximum atomic E-state index is 11.6. The van der Waals surface area contributed by atoms with Crippen LogP contribution < -0.4 is 16.4 Å². The molecule has 5 N–H and O–H groups in total. The van der Waals surface area contributed by atoms with Crippen molar-refractivity contribution in [1.82, 2.24) is 10.6 Å². The Kier molecular flexibility index (Phi) is 5.14. The first kappa shape index (κ1) is 15.3. The summed E-state index contributed by atoms with van der Waals surface area (Å²) in [5.41, 5.74) is 5.08. The van der Waals surface area contributed by atoms with Gasteiger partial charge in [-0.15, -0.1) is 0 Å². The lowest BCUT2D eigenvalue weighted by Crippen LogP contribution is -2.49. The van der Waals surface area contributed by atoms with E-state index in [9.17, 15) is 14.4 Å². The number of rotatable bonds is 7. The summed E-state index contributed by atoms with van der Waals surface area (Å²) in [5.74, 6) is -1.76. The molecule has 0 saturated heterocycles. The Morgan fingerprint density at radius 3 is 2.42 bits per heavy atom. The fourth-order valence-electron chi connectivity index (χ4n) is 2.00. The number of nitrogens with two attached hydrogens (primary N) is 1. The summed E-state index contributed by atoms with van der Waals surface area (Å²) in [6.45, 7) is 2.61. The molecule has 1 saturated carbocycles. The molecule has 0 spiro atoms. The number of hydrogen-bond acceptors (Lipinski definition) is 3. The van der Waals surface area contributed by atoms with Gasteiger partial charge in [-0.3, -0.25) is 4.79 Å². The molecule has 0 aliphatic heterocycles. The van der Waals surface area contributed by atoms with Crippen molar-refractivity contribution in [3.8, 4) is 0 Å². The number of carboxylic acid groups (broad SMARTS) is 1. The van der Waals surface area contributed by atoms with Crippen molar-refractivity contribution in [2.45, 2.75) is 45.1 Å². The molecule has 19 heavy (non-hydrogen) atoms. The molecule has 3 amide bonds. The van der Waals surface area contributed by atoms with Crippen LogP contribution in [-0.4, -0.2) is 35.6 Å². The number of carbonyl (C=O) groups excluding carboxylic acids is 2. The second-order valence-corrected chi connectivity index (χ2v) is 5.39. The van der Waals surface area contributed by atoms with E-state index in [0.717, 1.165) is 19.3 Å². The Balaban J connectivity index is 2.33. The van der Waals surface area contributed by atoms with E-state index < -0.39 is 23.9 Å². The molecular weight excluding hydrogens is 250 g/mol. The summed E-state index contributed by atoms with van der Waals surface area (Å²) < 4.78 is 0. The van der Waals surface area contributed by atoms with E-state index >= 15 is 0 Å². The van der Waals surface area contributed by atoms with E-state index in [2.05, 4.69) is 17.6 Å². The fraction of sp³-hybridized carbons (Fsp3) is 0.750. The lowest BCUT2D eigenvalue weighted by molar-refractivity contribution is -0.139. The molecule has 1 rings (SSSR count). The Hall–Kier alpha value is -1.79. The minimum absolute atomic E-state index is 0.00461. The van der Waals surface area contributed by atoms with Crippen LogP contribution in [0.2, 0.25) is 0 Å². The number of carbonyl (C=O) groups is 3. The lowest BCUT2D eigenvalue weighted by atomic mass is 9.70. The number of aliphatic carboxylic acids is 1. The van der Waals surface area contributed by atoms with E-state index in [-0.39, 0.29) is 18.3 Å². The van der Waals surface area contributed by atoms with Gasteiger partial charge in [0.1, 0.15) is 6.04 Å². The zero-order valence-electron chi connectivity index (χ0n) is 11.1. The summed E-state index contributed by atoms with van der Waals surface area (Å²) in [6, 6.07) is -1.62. The van der Waals surface area contributed by atoms with E-state index in [0.29, 0.717) is 6.54 Å². The number of hydrogen-bond donors (Lipinski definition) is 4. The minimum atomic E-state index is -1.17. The molecule has 7 heteroatoms. The molecule has 0 bridgehead atoms. The predicted molar refractivity (Wildman–Crippen MR) is 68.3 cm³/mol. The third kappa shape index (κ3) is 5.15. The average Bonchev–Trinajstić information content (AvgIpc) is 2.28. The van der Waals surface area contributed by atoms with Crippen LogP contribution >= 0.6 is 0 Å². The first-order valence-electron chi connectivity index (χ1n) is 6.38. The molecule has 1 aliphatic rings. The molecule has 0 aromatic carbocycles. The number of carboxylic acids is 1. The van der Waals surface area contributed by atoms with Crippen LogP contribution in [0.25, 0.3) is 0 Å². The molecule has 0 radical (unpaired) electrons. The van der Waals surface area contributed by atoms with Crippen molar-refractivity contribution in [3.63, 3.8) is 0 Å². The molecule has 1 atom stereocenters. The van der Waals surface area contributed by atoms with Crippen molar-refractivity contribution in [3.05, 3.63) is 0 Å². The Bertz CT molecular complexity index is 366. The molecule has 0 aromatic rings.